The second kappa shape index (κ2) is 18.2. The van der Waals surface area contributed by atoms with E-state index in [9.17, 15) is 4.79 Å². The maximum atomic E-state index is 13.3. The third-order valence-corrected chi connectivity index (χ3v) is 7.34. The molecule has 1 amide bonds. The lowest BCUT2D eigenvalue weighted by Gasteiger charge is -2.33. The Kier molecular flexibility index (Phi) is 17.1. The number of nitrogens with zero attached hydrogens (tertiary/aromatic N) is 2. The first-order valence-corrected chi connectivity index (χ1v) is 14.5. The molecular weight excluding hydrogens is 478 g/mol. The summed E-state index contributed by atoms with van der Waals surface area (Å²) in [6.45, 7) is 23.8. The van der Waals surface area contributed by atoms with Crippen LogP contribution in [0.2, 0.25) is 0 Å². The number of hydrogen-bond acceptors (Lipinski definition) is 6. The Morgan fingerprint density at radius 1 is 1.22 bits per heavy atom. The Morgan fingerprint density at radius 2 is 1.73 bits per heavy atom. The van der Waals surface area contributed by atoms with Gasteiger partial charge in [0.2, 0.25) is 5.91 Å². The van der Waals surface area contributed by atoms with E-state index in [0.29, 0.717) is 23.1 Å². The predicted octanol–water partition coefficient (Wildman–Crippen LogP) is 7.02. The van der Waals surface area contributed by atoms with Gasteiger partial charge in [0.05, 0.1) is 17.4 Å². The van der Waals surface area contributed by atoms with E-state index in [1.165, 1.54) is 43.9 Å². The minimum Gasteiger partial charge on any atom is -0.405 e. The van der Waals surface area contributed by atoms with Gasteiger partial charge in [-0.1, -0.05) is 44.9 Å². The van der Waals surface area contributed by atoms with Crippen LogP contribution in [0.3, 0.4) is 0 Å². The summed E-state index contributed by atoms with van der Waals surface area (Å²) in [7, 11) is 1.96. The molecule has 2 aliphatic rings. The SMILES string of the molecule is C=C(C)C.C=C(N)c1csc(C2CCCN2C(=O)C(CC)C2CCCCC2)n1.C=CN.CNC(C)(C)C. The van der Waals surface area contributed by atoms with Crippen molar-refractivity contribution in [3.8, 4) is 0 Å². The zero-order chi connectivity index (χ0) is 28.6. The lowest BCUT2D eigenvalue weighted by atomic mass is 9.78. The van der Waals surface area contributed by atoms with Crippen molar-refractivity contribution in [1.29, 1.82) is 0 Å². The second-order valence-electron chi connectivity index (χ2n) is 11.1. The Balaban J connectivity index is 0.000000832. The van der Waals surface area contributed by atoms with E-state index in [0.717, 1.165) is 36.5 Å². The first-order chi connectivity index (χ1) is 17.3. The molecular formula is C30H55N5OS. The van der Waals surface area contributed by atoms with Crippen molar-refractivity contribution >= 4 is 22.9 Å². The predicted molar refractivity (Wildman–Crippen MR) is 163 cm³/mol. The number of carbonyl (C=O) groups is 1. The molecule has 7 heteroatoms. The summed E-state index contributed by atoms with van der Waals surface area (Å²) in [6, 6.07) is 0.133. The highest BCUT2D eigenvalue weighted by molar-refractivity contribution is 7.09. The van der Waals surface area contributed by atoms with E-state index >= 15 is 0 Å². The van der Waals surface area contributed by atoms with E-state index in [1.807, 2.05) is 26.3 Å². The van der Waals surface area contributed by atoms with Gasteiger partial charge < -0.3 is 21.7 Å². The van der Waals surface area contributed by atoms with Gasteiger partial charge in [-0.3, -0.25) is 4.79 Å². The maximum Gasteiger partial charge on any atom is 0.226 e. The molecule has 0 bridgehead atoms. The van der Waals surface area contributed by atoms with Gasteiger partial charge >= 0.3 is 0 Å². The van der Waals surface area contributed by atoms with Gasteiger partial charge in [-0.2, -0.15) is 0 Å². The molecule has 1 aromatic heterocycles. The average Bonchev–Trinajstić information content (AvgIpc) is 3.50. The fourth-order valence-corrected chi connectivity index (χ4v) is 5.32. The first kappa shape index (κ1) is 34.9. The van der Waals surface area contributed by atoms with Crippen LogP contribution in [0.5, 0.6) is 0 Å². The summed E-state index contributed by atoms with van der Waals surface area (Å²) < 4.78 is 0. The highest BCUT2D eigenvalue weighted by Crippen LogP contribution is 2.39. The Hall–Kier alpha value is -2.12. The molecule has 1 saturated carbocycles. The van der Waals surface area contributed by atoms with E-state index in [2.05, 4.69) is 68.4 Å². The number of allylic oxidation sites excluding steroid dienone is 1. The molecule has 1 aliphatic heterocycles. The minimum atomic E-state index is 0.133. The van der Waals surface area contributed by atoms with Crippen molar-refractivity contribution in [2.45, 2.75) is 104 Å². The number of likely N-dealkylation sites (tertiary alicyclic amines) is 1. The van der Waals surface area contributed by atoms with Gasteiger partial charge in [-0.15, -0.1) is 17.9 Å². The van der Waals surface area contributed by atoms with Crippen molar-refractivity contribution in [2.24, 2.45) is 23.3 Å². The quantitative estimate of drug-likeness (QED) is 0.353. The molecule has 2 unspecified atom stereocenters. The standard InChI is InChI=1S/C19H29N3OS.C5H13N.C4H8.C2H5N/c1-3-15(14-8-5-4-6-9-14)19(23)22-11-7-10-17(22)18-21-16(12-24-18)13(2)20;1-5(2,3)6-4;1-4(2)3;1-2-3/h12,14-15,17H,2-11,20H2,1H3;6H,1-4H3;1H2,2-3H3;2H,1,3H2. The van der Waals surface area contributed by atoms with Crippen LogP contribution in [0.25, 0.3) is 5.70 Å². The number of amides is 1. The summed E-state index contributed by atoms with van der Waals surface area (Å²) in [5.74, 6) is 1.12. The highest BCUT2D eigenvalue weighted by Gasteiger charge is 2.38. The Bertz CT molecular complexity index is 816. The summed E-state index contributed by atoms with van der Waals surface area (Å²) in [4.78, 5) is 20.0. The molecule has 212 valence electrons. The molecule has 0 aromatic carbocycles. The molecule has 2 fully saturated rings. The number of aromatic nitrogens is 1. The Morgan fingerprint density at radius 3 is 2.14 bits per heavy atom. The third-order valence-electron chi connectivity index (χ3n) is 6.40. The zero-order valence-corrected chi connectivity index (χ0v) is 25.6. The molecule has 5 N–H and O–H groups in total. The van der Waals surface area contributed by atoms with Crippen LogP contribution in [0.4, 0.5) is 0 Å². The van der Waals surface area contributed by atoms with Gasteiger partial charge in [0, 0.05) is 23.4 Å². The second-order valence-corrected chi connectivity index (χ2v) is 12.0. The van der Waals surface area contributed by atoms with Crippen molar-refractivity contribution in [3.63, 3.8) is 0 Å². The summed E-state index contributed by atoms with van der Waals surface area (Å²) in [5, 5.41) is 6.07. The molecule has 2 atom stereocenters. The van der Waals surface area contributed by atoms with E-state index in [1.54, 1.807) is 11.3 Å². The topological polar surface area (TPSA) is 97.3 Å². The molecule has 6 nitrogen and oxygen atoms in total. The van der Waals surface area contributed by atoms with Crippen LogP contribution in [-0.2, 0) is 4.79 Å². The summed E-state index contributed by atoms with van der Waals surface area (Å²) in [6.07, 6.45) is 10.6. The van der Waals surface area contributed by atoms with Gasteiger partial charge in [0.15, 0.2) is 0 Å². The molecule has 37 heavy (non-hydrogen) atoms. The van der Waals surface area contributed by atoms with Crippen LogP contribution in [0.15, 0.2) is 36.9 Å². The average molecular weight is 534 g/mol. The number of hydrogen-bond donors (Lipinski definition) is 3. The number of thiazole rings is 1. The molecule has 2 heterocycles. The summed E-state index contributed by atoms with van der Waals surface area (Å²) >= 11 is 1.61. The van der Waals surface area contributed by atoms with Gasteiger partial charge in [-0.25, -0.2) is 4.98 Å². The van der Waals surface area contributed by atoms with Crippen LogP contribution in [0, 0.1) is 11.8 Å². The molecule has 1 saturated heterocycles. The maximum absolute atomic E-state index is 13.3. The monoisotopic (exact) mass is 533 g/mol. The van der Waals surface area contributed by atoms with Crippen molar-refractivity contribution < 1.29 is 4.79 Å². The van der Waals surface area contributed by atoms with Crippen LogP contribution in [-0.4, -0.2) is 34.9 Å². The lowest BCUT2D eigenvalue weighted by molar-refractivity contribution is -0.139. The van der Waals surface area contributed by atoms with Crippen molar-refractivity contribution in [1.82, 2.24) is 15.2 Å². The fraction of sp³-hybridized carbons (Fsp3) is 0.667. The van der Waals surface area contributed by atoms with E-state index in [-0.39, 0.29) is 12.0 Å². The molecule has 1 aliphatic carbocycles. The van der Waals surface area contributed by atoms with Crippen LogP contribution >= 0.6 is 11.3 Å². The first-order valence-electron chi connectivity index (χ1n) is 13.7. The number of nitrogens with one attached hydrogen (secondary N) is 1. The van der Waals surface area contributed by atoms with E-state index in [4.69, 9.17) is 5.73 Å². The van der Waals surface area contributed by atoms with Crippen molar-refractivity contribution in [2.75, 3.05) is 13.6 Å². The number of rotatable bonds is 5. The third kappa shape index (κ3) is 13.8. The lowest BCUT2D eigenvalue weighted by Crippen LogP contribution is -2.39. The van der Waals surface area contributed by atoms with Gasteiger partial charge in [-0.05, 0) is 85.9 Å². The zero-order valence-electron chi connectivity index (χ0n) is 24.7. The Labute approximate surface area is 231 Å². The summed E-state index contributed by atoms with van der Waals surface area (Å²) in [5.41, 5.74) is 13.1. The molecule has 0 radical (unpaired) electrons. The van der Waals surface area contributed by atoms with E-state index < -0.39 is 0 Å². The molecule has 0 spiro atoms. The fourth-order valence-electron chi connectivity index (χ4n) is 4.33. The smallest absolute Gasteiger partial charge is 0.226 e. The largest absolute Gasteiger partial charge is 0.405 e. The highest BCUT2D eigenvalue weighted by atomic mass is 32.1. The van der Waals surface area contributed by atoms with Gasteiger partial charge in [0.1, 0.15) is 5.01 Å². The van der Waals surface area contributed by atoms with Crippen LogP contribution in [0.1, 0.15) is 110 Å². The number of nitrogens with two attached hydrogens (primary N) is 2. The molecule has 1 aromatic rings. The van der Waals surface area contributed by atoms with Gasteiger partial charge in [0.25, 0.3) is 0 Å². The normalized spacial score (nSPS) is 18.1. The van der Waals surface area contributed by atoms with Crippen molar-refractivity contribution in [3.05, 3.63) is 47.6 Å². The molecule has 3 rings (SSSR count). The number of carbonyl (C=O) groups excluding carboxylic acids is 1. The van der Waals surface area contributed by atoms with Crippen LogP contribution < -0.4 is 16.8 Å². The minimum absolute atomic E-state index is 0.133.